The summed E-state index contributed by atoms with van der Waals surface area (Å²) in [6.45, 7) is 2.80. The maximum absolute atomic E-state index is 5.78. The van der Waals surface area contributed by atoms with Crippen molar-refractivity contribution in [3.63, 3.8) is 0 Å². The van der Waals surface area contributed by atoms with Gasteiger partial charge in [0.25, 0.3) is 0 Å². The van der Waals surface area contributed by atoms with Gasteiger partial charge in [0.1, 0.15) is 12.4 Å². The molecule has 98 valence electrons. The van der Waals surface area contributed by atoms with E-state index in [9.17, 15) is 0 Å². The number of nitrogens with zero attached hydrogens (tertiary/aromatic N) is 2. The highest BCUT2D eigenvalue weighted by Crippen LogP contribution is 2.27. The van der Waals surface area contributed by atoms with Crippen LogP contribution in [0.1, 0.15) is 11.3 Å². The first-order valence-corrected chi connectivity index (χ1v) is 6.48. The fourth-order valence-corrected chi connectivity index (χ4v) is 2.41. The summed E-state index contributed by atoms with van der Waals surface area (Å²) in [6, 6.07) is 12.2. The van der Waals surface area contributed by atoms with Crippen LogP contribution in [0.15, 0.2) is 42.6 Å². The minimum Gasteiger partial charge on any atom is -0.491 e. The van der Waals surface area contributed by atoms with Crippen LogP contribution in [0.5, 0.6) is 5.75 Å². The summed E-state index contributed by atoms with van der Waals surface area (Å²) in [4.78, 5) is 6.63. The second-order valence-electron chi connectivity index (χ2n) is 4.55. The Morgan fingerprint density at radius 2 is 2.11 bits per heavy atom. The molecule has 0 amide bonds. The second kappa shape index (κ2) is 5.28. The highest BCUT2D eigenvalue weighted by molar-refractivity contribution is 5.52. The third kappa shape index (κ3) is 2.39. The molecule has 0 spiro atoms. The van der Waals surface area contributed by atoms with Crippen LogP contribution in [0.25, 0.3) is 0 Å². The van der Waals surface area contributed by atoms with Crippen molar-refractivity contribution in [1.82, 2.24) is 4.98 Å². The van der Waals surface area contributed by atoms with Crippen LogP contribution in [-0.4, -0.2) is 18.1 Å². The monoisotopic (exact) mass is 255 g/mol. The van der Waals surface area contributed by atoms with Crippen molar-refractivity contribution in [3.8, 4) is 5.75 Å². The zero-order chi connectivity index (χ0) is 13.1. The molecule has 1 aromatic heterocycles. The van der Waals surface area contributed by atoms with E-state index < -0.39 is 0 Å². The Labute approximate surface area is 112 Å². The number of pyridine rings is 1. The molecule has 4 nitrogen and oxygen atoms in total. The minimum absolute atomic E-state index is 0.454. The van der Waals surface area contributed by atoms with Crippen LogP contribution in [0.3, 0.4) is 0 Å². The van der Waals surface area contributed by atoms with Crippen molar-refractivity contribution in [3.05, 3.63) is 53.9 Å². The van der Waals surface area contributed by atoms with Gasteiger partial charge in [-0.3, -0.25) is 4.98 Å². The number of nitrogens with two attached hydrogens (primary N) is 1. The standard InChI is InChI=1S/C15H17N3O/c16-10-13-14(5-3-7-17-13)18-8-9-19-15-6-2-1-4-12(15)11-18/h1-7H,8-11,16H2. The van der Waals surface area contributed by atoms with Gasteiger partial charge in [-0.1, -0.05) is 18.2 Å². The Hall–Kier alpha value is -2.07. The Morgan fingerprint density at radius 3 is 3.00 bits per heavy atom. The average Bonchev–Trinajstić information content (AvgIpc) is 2.69. The Kier molecular flexibility index (Phi) is 3.33. The molecule has 0 fully saturated rings. The van der Waals surface area contributed by atoms with Gasteiger partial charge >= 0.3 is 0 Å². The van der Waals surface area contributed by atoms with Crippen molar-refractivity contribution in [2.24, 2.45) is 5.73 Å². The number of rotatable bonds is 2. The van der Waals surface area contributed by atoms with Crippen molar-refractivity contribution in [1.29, 1.82) is 0 Å². The van der Waals surface area contributed by atoms with Crippen LogP contribution in [0.4, 0.5) is 5.69 Å². The van der Waals surface area contributed by atoms with Crippen LogP contribution in [0.2, 0.25) is 0 Å². The van der Waals surface area contributed by atoms with Gasteiger partial charge in [-0.25, -0.2) is 0 Å². The summed E-state index contributed by atoms with van der Waals surface area (Å²) in [7, 11) is 0. The molecule has 0 unspecified atom stereocenters. The fraction of sp³-hybridized carbons (Fsp3) is 0.267. The number of anilines is 1. The molecule has 4 heteroatoms. The number of hydrogen-bond acceptors (Lipinski definition) is 4. The van der Waals surface area contributed by atoms with Gasteiger partial charge in [-0.15, -0.1) is 0 Å². The van der Waals surface area contributed by atoms with Gasteiger partial charge in [0.2, 0.25) is 0 Å². The summed E-state index contributed by atoms with van der Waals surface area (Å²) in [5.41, 5.74) is 9.01. The number of ether oxygens (including phenoxy) is 1. The molecule has 1 aliphatic rings. The maximum Gasteiger partial charge on any atom is 0.124 e. The van der Waals surface area contributed by atoms with Crippen molar-refractivity contribution in [2.75, 3.05) is 18.1 Å². The SMILES string of the molecule is NCc1ncccc1N1CCOc2ccccc2C1. The first-order valence-electron chi connectivity index (χ1n) is 6.48. The summed E-state index contributed by atoms with van der Waals surface area (Å²) in [5.74, 6) is 0.975. The number of para-hydroxylation sites is 1. The molecule has 2 aromatic rings. The molecule has 0 bridgehead atoms. The lowest BCUT2D eigenvalue weighted by Gasteiger charge is -2.23. The molecule has 1 aromatic carbocycles. The predicted octanol–water partition coefficient (Wildman–Crippen LogP) is 1.94. The smallest absolute Gasteiger partial charge is 0.124 e. The molecule has 0 saturated carbocycles. The van der Waals surface area contributed by atoms with E-state index >= 15 is 0 Å². The number of benzene rings is 1. The van der Waals surface area contributed by atoms with Crippen LogP contribution in [-0.2, 0) is 13.1 Å². The molecular weight excluding hydrogens is 238 g/mol. The number of fused-ring (bicyclic) bond motifs is 1. The van der Waals surface area contributed by atoms with Gasteiger partial charge in [-0.2, -0.15) is 0 Å². The largest absolute Gasteiger partial charge is 0.491 e. The van der Waals surface area contributed by atoms with E-state index in [1.165, 1.54) is 5.56 Å². The quantitative estimate of drug-likeness (QED) is 0.891. The third-order valence-electron chi connectivity index (χ3n) is 3.35. The number of aromatic nitrogens is 1. The Bertz CT molecular complexity index is 571. The van der Waals surface area contributed by atoms with E-state index in [-0.39, 0.29) is 0 Å². The topological polar surface area (TPSA) is 51.4 Å². The van der Waals surface area contributed by atoms with Crippen LogP contribution in [0, 0.1) is 0 Å². The maximum atomic E-state index is 5.78. The minimum atomic E-state index is 0.454. The third-order valence-corrected chi connectivity index (χ3v) is 3.35. The summed E-state index contributed by atoms with van der Waals surface area (Å²) in [6.07, 6.45) is 1.79. The Balaban J connectivity index is 1.94. The average molecular weight is 255 g/mol. The zero-order valence-corrected chi connectivity index (χ0v) is 10.7. The molecule has 0 atom stereocenters. The van der Waals surface area contributed by atoms with Crippen LogP contribution >= 0.6 is 0 Å². The normalized spacial score (nSPS) is 14.5. The molecule has 0 saturated heterocycles. The molecule has 0 radical (unpaired) electrons. The predicted molar refractivity (Wildman–Crippen MR) is 75.1 cm³/mol. The van der Waals surface area contributed by atoms with E-state index in [0.29, 0.717) is 13.2 Å². The molecule has 2 heterocycles. The molecule has 0 aliphatic carbocycles. The van der Waals surface area contributed by atoms with E-state index in [1.807, 2.05) is 24.3 Å². The first-order chi connectivity index (χ1) is 9.38. The highest BCUT2D eigenvalue weighted by atomic mass is 16.5. The lowest BCUT2D eigenvalue weighted by atomic mass is 10.1. The van der Waals surface area contributed by atoms with E-state index in [1.54, 1.807) is 6.20 Å². The van der Waals surface area contributed by atoms with Crippen molar-refractivity contribution >= 4 is 5.69 Å². The molecule has 2 N–H and O–H groups in total. The zero-order valence-electron chi connectivity index (χ0n) is 10.7. The lowest BCUT2D eigenvalue weighted by molar-refractivity contribution is 0.331. The summed E-state index contributed by atoms with van der Waals surface area (Å²) >= 11 is 0. The van der Waals surface area contributed by atoms with Crippen molar-refractivity contribution < 1.29 is 4.74 Å². The van der Waals surface area contributed by atoms with E-state index in [4.69, 9.17) is 10.5 Å². The van der Waals surface area contributed by atoms with Gasteiger partial charge in [0.15, 0.2) is 0 Å². The molecule has 19 heavy (non-hydrogen) atoms. The van der Waals surface area contributed by atoms with Crippen LogP contribution < -0.4 is 15.4 Å². The molecule has 1 aliphatic heterocycles. The van der Waals surface area contributed by atoms with Gasteiger partial charge in [-0.05, 0) is 18.2 Å². The molecular formula is C15H17N3O. The second-order valence-corrected chi connectivity index (χ2v) is 4.55. The van der Waals surface area contributed by atoms with E-state index in [2.05, 4.69) is 22.0 Å². The molecule has 3 rings (SSSR count). The Morgan fingerprint density at radius 1 is 1.21 bits per heavy atom. The highest BCUT2D eigenvalue weighted by Gasteiger charge is 2.17. The lowest BCUT2D eigenvalue weighted by Crippen LogP contribution is -2.27. The summed E-state index contributed by atoms with van der Waals surface area (Å²) in [5, 5.41) is 0. The fourth-order valence-electron chi connectivity index (χ4n) is 2.41. The first kappa shape index (κ1) is 12.0. The van der Waals surface area contributed by atoms with E-state index in [0.717, 1.165) is 30.2 Å². The van der Waals surface area contributed by atoms with Gasteiger partial charge in [0, 0.05) is 24.8 Å². The number of hydrogen-bond donors (Lipinski definition) is 1. The summed E-state index contributed by atoms with van der Waals surface area (Å²) < 4.78 is 5.78. The van der Waals surface area contributed by atoms with Gasteiger partial charge < -0.3 is 15.4 Å². The van der Waals surface area contributed by atoms with Gasteiger partial charge in [0.05, 0.1) is 17.9 Å². The van der Waals surface area contributed by atoms with Crippen molar-refractivity contribution in [2.45, 2.75) is 13.1 Å².